The van der Waals surface area contributed by atoms with Crippen molar-refractivity contribution in [3.05, 3.63) is 47.8 Å². The van der Waals surface area contributed by atoms with Gasteiger partial charge in [-0.3, -0.25) is 0 Å². The SMILES string of the molecule is C=CCSc1nnc(C(C)NS(=O)(=O)c2ccc(Cl)cc2)n1C. The van der Waals surface area contributed by atoms with E-state index in [1.54, 1.807) is 24.6 Å². The Bertz CT molecular complexity index is 788. The number of rotatable bonds is 7. The molecule has 1 heterocycles. The van der Waals surface area contributed by atoms with E-state index >= 15 is 0 Å². The number of nitrogens with one attached hydrogen (secondary N) is 1. The highest BCUT2D eigenvalue weighted by Crippen LogP contribution is 2.21. The zero-order valence-electron chi connectivity index (χ0n) is 12.7. The van der Waals surface area contributed by atoms with Crippen LogP contribution in [0, 0.1) is 0 Å². The first-order chi connectivity index (χ1) is 10.8. The topological polar surface area (TPSA) is 76.9 Å². The van der Waals surface area contributed by atoms with Gasteiger partial charge < -0.3 is 4.57 Å². The molecule has 6 nitrogen and oxygen atoms in total. The molecular weight excluding hydrogens is 356 g/mol. The molecule has 0 saturated heterocycles. The summed E-state index contributed by atoms with van der Waals surface area (Å²) >= 11 is 7.26. The average molecular weight is 373 g/mol. The van der Waals surface area contributed by atoms with Crippen LogP contribution in [0.4, 0.5) is 0 Å². The Morgan fingerprint density at radius 2 is 2.04 bits per heavy atom. The molecule has 0 amide bonds. The molecular formula is C14H17ClN4O2S2. The van der Waals surface area contributed by atoms with Gasteiger partial charge in [-0.2, -0.15) is 0 Å². The average Bonchev–Trinajstić information content (AvgIpc) is 2.86. The van der Waals surface area contributed by atoms with Crippen molar-refractivity contribution < 1.29 is 8.42 Å². The Hall–Kier alpha value is -1.35. The fourth-order valence-electron chi connectivity index (χ4n) is 1.93. The van der Waals surface area contributed by atoms with E-state index < -0.39 is 16.1 Å². The molecule has 124 valence electrons. The molecule has 2 aromatic rings. The van der Waals surface area contributed by atoms with Crippen LogP contribution in [-0.4, -0.2) is 28.9 Å². The molecule has 1 aromatic heterocycles. The van der Waals surface area contributed by atoms with Crippen LogP contribution in [0.15, 0.2) is 47.0 Å². The molecule has 0 aliphatic carbocycles. The van der Waals surface area contributed by atoms with Gasteiger partial charge in [0.1, 0.15) is 0 Å². The monoisotopic (exact) mass is 372 g/mol. The Kier molecular flexibility index (Phi) is 5.85. The minimum Gasteiger partial charge on any atom is -0.308 e. The number of sulfonamides is 1. The maximum absolute atomic E-state index is 12.4. The first-order valence-electron chi connectivity index (χ1n) is 6.76. The van der Waals surface area contributed by atoms with Crippen molar-refractivity contribution in [3.63, 3.8) is 0 Å². The predicted molar refractivity (Wildman–Crippen MR) is 92.1 cm³/mol. The van der Waals surface area contributed by atoms with Gasteiger partial charge in [0.2, 0.25) is 10.0 Å². The molecule has 23 heavy (non-hydrogen) atoms. The van der Waals surface area contributed by atoms with Crippen molar-refractivity contribution >= 4 is 33.4 Å². The third kappa shape index (κ3) is 4.35. The second kappa shape index (κ2) is 7.48. The van der Waals surface area contributed by atoms with E-state index in [2.05, 4.69) is 21.5 Å². The van der Waals surface area contributed by atoms with Crippen molar-refractivity contribution in [2.24, 2.45) is 7.05 Å². The summed E-state index contributed by atoms with van der Waals surface area (Å²) in [5, 5.41) is 9.32. The van der Waals surface area contributed by atoms with Gasteiger partial charge in [-0.15, -0.1) is 16.8 Å². The summed E-state index contributed by atoms with van der Waals surface area (Å²) in [5.41, 5.74) is 0. The maximum Gasteiger partial charge on any atom is 0.241 e. The van der Waals surface area contributed by atoms with Crippen molar-refractivity contribution in [1.82, 2.24) is 19.5 Å². The molecule has 0 fully saturated rings. The van der Waals surface area contributed by atoms with Crippen LogP contribution in [0.25, 0.3) is 0 Å². The predicted octanol–water partition coefficient (Wildman–Crippen LogP) is 2.79. The van der Waals surface area contributed by atoms with Crippen LogP contribution in [0.1, 0.15) is 18.8 Å². The number of thioether (sulfide) groups is 1. The molecule has 1 unspecified atom stereocenters. The normalized spacial score (nSPS) is 13.0. The summed E-state index contributed by atoms with van der Waals surface area (Å²) in [6.07, 6.45) is 1.77. The standard InChI is InChI=1S/C14H17ClN4O2S2/c1-4-9-22-14-17-16-13(19(14)3)10(2)18-23(20,21)12-7-5-11(15)6-8-12/h4-8,10,18H,1,9H2,2-3H3. The first-order valence-corrected chi connectivity index (χ1v) is 9.60. The van der Waals surface area contributed by atoms with E-state index in [1.807, 2.05) is 0 Å². The minimum atomic E-state index is -3.66. The lowest BCUT2D eigenvalue weighted by atomic mass is 10.3. The lowest BCUT2D eigenvalue weighted by Gasteiger charge is -2.14. The van der Waals surface area contributed by atoms with Crippen molar-refractivity contribution in [1.29, 1.82) is 0 Å². The summed E-state index contributed by atoms with van der Waals surface area (Å²) in [7, 11) is -1.86. The van der Waals surface area contributed by atoms with E-state index in [0.29, 0.717) is 21.8 Å². The van der Waals surface area contributed by atoms with Crippen LogP contribution < -0.4 is 4.72 Å². The molecule has 2 rings (SSSR count). The molecule has 0 spiro atoms. The quantitative estimate of drug-likeness (QED) is 0.597. The van der Waals surface area contributed by atoms with Gasteiger partial charge >= 0.3 is 0 Å². The van der Waals surface area contributed by atoms with Gasteiger partial charge in [0, 0.05) is 17.8 Å². The molecule has 1 N–H and O–H groups in total. The molecule has 1 aromatic carbocycles. The third-order valence-corrected chi connectivity index (χ3v) is 5.87. The summed E-state index contributed by atoms with van der Waals surface area (Å²) in [4.78, 5) is 0.150. The lowest BCUT2D eigenvalue weighted by Crippen LogP contribution is -2.28. The maximum atomic E-state index is 12.4. The van der Waals surface area contributed by atoms with Crippen molar-refractivity contribution in [3.8, 4) is 0 Å². The summed E-state index contributed by atoms with van der Waals surface area (Å²) < 4.78 is 29.1. The molecule has 0 saturated carbocycles. The van der Waals surface area contributed by atoms with Crippen LogP contribution in [0.2, 0.25) is 5.02 Å². The zero-order chi connectivity index (χ0) is 17.0. The Labute approximate surface area is 145 Å². The Morgan fingerprint density at radius 1 is 1.39 bits per heavy atom. The third-order valence-electron chi connectivity index (χ3n) is 3.04. The molecule has 0 radical (unpaired) electrons. The van der Waals surface area contributed by atoms with Gasteiger partial charge in [-0.1, -0.05) is 29.4 Å². The van der Waals surface area contributed by atoms with Gasteiger partial charge in [-0.25, -0.2) is 13.1 Å². The second-order valence-electron chi connectivity index (χ2n) is 4.80. The molecule has 0 aliphatic rings. The number of benzene rings is 1. The molecule has 0 bridgehead atoms. The van der Waals surface area contributed by atoms with Crippen LogP contribution in [0.3, 0.4) is 0 Å². The zero-order valence-corrected chi connectivity index (χ0v) is 15.1. The highest BCUT2D eigenvalue weighted by Gasteiger charge is 2.22. The van der Waals surface area contributed by atoms with E-state index in [1.165, 1.54) is 36.0 Å². The van der Waals surface area contributed by atoms with E-state index in [0.717, 1.165) is 0 Å². The number of nitrogens with zero attached hydrogens (tertiary/aromatic N) is 3. The van der Waals surface area contributed by atoms with Crippen molar-refractivity contribution in [2.45, 2.75) is 23.0 Å². The fraction of sp³-hybridized carbons (Fsp3) is 0.286. The van der Waals surface area contributed by atoms with Crippen LogP contribution >= 0.6 is 23.4 Å². The van der Waals surface area contributed by atoms with E-state index in [4.69, 9.17) is 11.6 Å². The summed E-state index contributed by atoms with van der Waals surface area (Å²) in [6.45, 7) is 5.38. The molecule has 0 aliphatic heterocycles. The van der Waals surface area contributed by atoms with Gasteiger partial charge in [0.05, 0.1) is 10.9 Å². The number of hydrogen-bond donors (Lipinski definition) is 1. The smallest absolute Gasteiger partial charge is 0.241 e. The first kappa shape index (κ1) is 18.0. The molecule has 9 heteroatoms. The largest absolute Gasteiger partial charge is 0.308 e. The van der Waals surface area contributed by atoms with Crippen LogP contribution in [-0.2, 0) is 17.1 Å². The second-order valence-corrected chi connectivity index (χ2v) is 7.93. The fourth-order valence-corrected chi connectivity index (χ4v) is 3.91. The highest BCUT2D eigenvalue weighted by molar-refractivity contribution is 7.99. The number of hydrogen-bond acceptors (Lipinski definition) is 5. The van der Waals surface area contributed by atoms with E-state index in [-0.39, 0.29) is 4.90 Å². The summed E-state index contributed by atoms with van der Waals surface area (Å²) in [6, 6.07) is 5.46. The van der Waals surface area contributed by atoms with Gasteiger partial charge in [0.15, 0.2) is 11.0 Å². The van der Waals surface area contributed by atoms with Crippen LogP contribution in [0.5, 0.6) is 0 Å². The lowest BCUT2D eigenvalue weighted by molar-refractivity contribution is 0.551. The van der Waals surface area contributed by atoms with Crippen molar-refractivity contribution in [2.75, 3.05) is 5.75 Å². The van der Waals surface area contributed by atoms with Gasteiger partial charge in [0.25, 0.3) is 0 Å². The summed E-state index contributed by atoms with van der Waals surface area (Å²) in [5.74, 6) is 1.24. The minimum absolute atomic E-state index is 0.150. The number of aromatic nitrogens is 3. The molecule has 1 atom stereocenters. The number of halogens is 1. The van der Waals surface area contributed by atoms with E-state index in [9.17, 15) is 8.42 Å². The highest BCUT2D eigenvalue weighted by atomic mass is 35.5. The Balaban J connectivity index is 2.18. The Morgan fingerprint density at radius 3 is 2.65 bits per heavy atom. The van der Waals surface area contributed by atoms with Gasteiger partial charge in [-0.05, 0) is 31.2 Å².